The third kappa shape index (κ3) is 1.28. The highest BCUT2D eigenvalue weighted by atomic mass is 16.3. The Balaban J connectivity index is 1.77. The van der Waals surface area contributed by atoms with Crippen molar-refractivity contribution in [2.45, 2.75) is 6.42 Å². The Bertz CT molecular complexity index is 592. The minimum absolute atomic E-state index is 0.0660. The van der Waals surface area contributed by atoms with Crippen LogP contribution in [-0.4, -0.2) is 16.9 Å². The van der Waals surface area contributed by atoms with Gasteiger partial charge in [0.1, 0.15) is 5.75 Å². The van der Waals surface area contributed by atoms with Crippen LogP contribution in [-0.2, 0) is 9.59 Å². The number of aromatic hydroxyl groups is 1. The van der Waals surface area contributed by atoms with Gasteiger partial charge in [-0.05, 0) is 30.4 Å². The van der Waals surface area contributed by atoms with E-state index in [1.165, 1.54) is 17.0 Å². The maximum Gasteiger partial charge on any atom is 0.238 e. The van der Waals surface area contributed by atoms with Gasteiger partial charge < -0.3 is 5.11 Å². The summed E-state index contributed by atoms with van der Waals surface area (Å²) in [6.07, 6.45) is 5.08. The Hall–Kier alpha value is -2.10. The van der Waals surface area contributed by atoms with Crippen molar-refractivity contribution in [3.63, 3.8) is 0 Å². The largest absolute Gasteiger partial charge is 0.508 e. The van der Waals surface area contributed by atoms with Gasteiger partial charge in [-0.25, -0.2) is 4.90 Å². The molecular formula is C15H13NO3. The lowest BCUT2D eigenvalue weighted by Crippen LogP contribution is -2.32. The maximum absolute atomic E-state index is 12.5. The topological polar surface area (TPSA) is 57.6 Å². The maximum atomic E-state index is 12.5. The zero-order valence-electron chi connectivity index (χ0n) is 10.2. The van der Waals surface area contributed by atoms with Crippen molar-refractivity contribution in [3.05, 3.63) is 36.4 Å². The summed E-state index contributed by atoms with van der Waals surface area (Å²) >= 11 is 0. The van der Waals surface area contributed by atoms with Crippen molar-refractivity contribution < 1.29 is 14.7 Å². The zero-order valence-corrected chi connectivity index (χ0v) is 10.2. The molecule has 2 aliphatic carbocycles. The monoisotopic (exact) mass is 255 g/mol. The van der Waals surface area contributed by atoms with Crippen LogP contribution in [0.3, 0.4) is 0 Å². The number of imide groups is 1. The van der Waals surface area contributed by atoms with Crippen molar-refractivity contribution in [3.8, 4) is 5.75 Å². The number of hydrogen-bond acceptors (Lipinski definition) is 3. The van der Waals surface area contributed by atoms with E-state index in [1.54, 1.807) is 12.1 Å². The van der Waals surface area contributed by atoms with E-state index in [-0.39, 0.29) is 41.2 Å². The fourth-order valence-electron chi connectivity index (χ4n) is 3.79. The molecule has 4 heteroatoms. The van der Waals surface area contributed by atoms with Gasteiger partial charge in [-0.15, -0.1) is 0 Å². The second kappa shape index (κ2) is 3.47. The van der Waals surface area contributed by atoms with E-state index in [9.17, 15) is 14.7 Å². The number of rotatable bonds is 1. The molecule has 0 unspecified atom stereocenters. The lowest BCUT2D eigenvalue weighted by molar-refractivity contribution is -0.123. The van der Waals surface area contributed by atoms with Crippen LogP contribution in [0.1, 0.15) is 6.42 Å². The first-order valence-electron chi connectivity index (χ1n) is 6.52. The van der Waals surface area contributed by atoms with Gasteiger partial charge in [-0.3, -0.25) is 9.59 Å². The average molecular weight is 255 g/mol. The number of allylic oxidation sites excluding steroid dienone is 2. The van der Waals surface area contributed by atoms with Gasteiger partial charge >= 0.3 is 0 Å². The molecule has 4 atom stereocenters. The van der Waals surface area contributed by atoms with Crippen LogP contribution in [0.5, 0.6) is 5.75 Å². The van der Waals surface area contributed by atoms with E-state index in [2.05, 4.69) is 12.2 Å². The number of phenolic OH excluding ortho intramolecular Hbond substituents is 1. The van der Waals surface area contributed by atoms with Gasteiger partial charge in [0.2, 0.25) is 11.8 Å². The molecule has 2 fully saturated rings. The predicted octanol–water partition coefficient (Wildman–Crippen LogP) is 1.70. The van der Waals surface area contributed by atoms with E-state index in [4.69, 9.17) is 0 Å². The van der Waals surface area contributed by atoms with Crippen LogP contribution in [0, 0.1) is 23.7 Å². The van der Waals surface area contributed by atoms with Crippen molar-refractivity contribution >= 4 is 17.5 Å². The van der Waals surface area contributed by atoms with Crippen LogP contribution in [0.25, 0.3) is 0 Å². The van der Waals surface area contributed by atoms with E-state index in [0.717, 1.165) is 6.42 Å². The molecule has 96 valence electrons. The fourth-order valence-corrected chi connectivity index (χ4v) is 3.79. The molecule has 1 aliphatic heterocycles. The lowest BCUT2D eigenvalue weighted by Gasteiger charge is -2.17. The number of fused-ring (bicyclic) bond motifs is 5. The van der Waals surface area contributed by atoms with E-state index in [0.29, 0.717) is 5.69 Å². The Kier molecular flexibility index (Phi) is 1.97. The van der Waals surface area contributed by atoms with Crippen molar-refractivity contribution in [2.75, 3.05) is 4.90 Å². The number of carbonyl (C=O) groups is 2. The summed E-state index contributed by atoms with van der Waals surface area (Å²) in [5.74, 6) is -0.108. The highest BCUT2D eigenvalue weighted by Crippen LogP contribution is 2.53. The zero-order chi connectivity index (χ0) is 13.1. The van der Waals surface area contributed by atoms with Gasteiger partial charge in [0.15, 0.2) is 0 Å². The van der Waals surface area contributed by atoms with Gasteiger partial charge in [-0.2, -0.15) is 0 Å². The van der Waals surface area contributed by atoms with Gasteiger partial charge in [0.05, 0.1) is 17.5 Å². The molecule has 1 heterocycles. The minimum atomic E-state index is -0.190. The molecule has 0 spiro atoms. The Labute approximate surface area is 110 Å². The molecule has 4 nitrogen and oxygen atoms in total. The summed E-state index contributed by atoms with van der Waals surface area (Å²) in [4.78, 5) is 26.2. The number of hydrogen-bond donors (Lipinski definition) is 1. The van der Waals surface area contributed by atoms with Crippen molar-refractivity contribution in [2.24, 2.45) is 23.7 Å². The summed E-state index contributed by atoms with van der Waals surface area (Å²) in [5.41, 5.74) is 0.476. The third-order valence-corrected chi connectivity index (χ3v) is 4.56. The van der Waals surface area contributed by atoms with Crippen molar-refractivity contribution in [1.82, 2.24) is 0 Å². The Morgan fingerprint density at radius 2 is 1.68 bits per heavy atom. The highest BCUT2D eigenvalue weighted by molar-refractivity contribution is 6.22. The van der Waals surface area contributed by atoms with E-state index < -0.39 is 0 Å². The SMILES string of the molecule is O=C1[C@@H]2[C@H](C(=O)N1c1cccc(O)c1)[C@H]1C=C[C@@H]2C1. The second-order valence-corrected chi connectivity index (χ2v) is 5.53. The quantitative estimate of drug-likeness (QED) is 0.614. The first kappa shape index (κ1) is 10.8. The number of phenols is 1. The standard InChI is InChI=1S/C15H13NO3/c17-11-3-1-2-10(7-11)16-14(18)12-8-4-5-9(6-8)13(12)15(16)19/h1-5,7-9,12-13,17H,6H2/t8-,9+,12+,13-. The predicted molar refractivity (Wildman–Crippen MR) is 68.3 cm³/mol. The Morgan fingerprint density at radius 1 is 1.05 bits per heavy atom. The normalized spacial score (nSPS) is 35.3. The summed E-state index contributed by atoms with van der Waals surface area (Å²) in [6.45, 7) is 0. The number of benzene rings is 1. The smallest absolute Gasteiger partial charge is 0.238 e. The van der Waals surface area contributed by atoms with Crippen LogP contribution in [0.4, 0.5) is 5.69 Å². The summed E-state index contributed by atoms with van der Waals surface area (Å²) in [7, 11) is 0. The average Bonchev–Trinajstić information content (AvgIpc) is 3.04. The number of nitrogens with zero attached hydrogens (tertiary/aromatic N) is 1. The summed E-state index contributed by atoms with van der Waals surface area (Å²) in [6, 6.07) is 6.32. The Morgan fingerprint density at radius 3 is 2.26 bits per heavy atom. The molecule has 2 bridgehead atoms. The molecule has 1 aromatic rings. The molecular weight excluding hydrogens is 242 g/mol. The lowest BCUT2D eigenvalue weighted by atomic mass is 9.85. The molecule has 1 aromatic carbocycles. The molecule has 2 amide bonds. The molecule has 19 heavy (non-hydrogen) atoms. The van der Waals surface area contributed by atoms with Gasteiger partial charge in [-0.1, -0.05) is 18.2 Å². The molecule has 0 aromatic heterocycles. The van der Waals surface area contributed by atoms with Gasteiger partial charge in [0.25, 0.3) is 0 Å². The van der Waals surface area contributed by atoms with E-state index >= 15 is 0 Å². The first-order chi connectivity index (χ1) is 9.16. The molecule has 1 saturated carbocycles. The highest BCUT2D eigenvalue weighted by Gasteiger charge is 2.59. The molecule has 0 radical (unpaired) electrons. The molecule has 1 N–H and O–H groups in total. The number of carbonyl (C=O) groups excluding carboxylic acids is 2. The first-order valence-corrected chi connectivity index (χ1v) is 6.52. The summed E-state index contributed by atoms with van der Waals surface area (Å²) < 4.78 is 0. The molecule has 1 saturated heterocycles. The molecule has 4 rings (SSSR count). The minimum Gasteiger partial charge on any atom is -0.508 e. The third-order valence-electron chi connectivity index (χ3n) is 4.56. The van der Waals surface area contributed by atoms with Crippen LogP contribution >= 0.6 is 0 Å². The van der Waals surface area contributed by atoms with Crippen LogP contribution in [0.15, 0.2) is 36.4 Å². The second-order valence-electron chi connectivity index (χ2n) is 5.53. The van der Waals surface area contributed by atoms with Crippen LogP contribution < -0.4 is 4.90 Å². The van der Waals surface area contributed by atoms with Gasteiger partial charge in [0, 0.05) is 6.07 Å². The van der Waals surface area contributed by atoms with Crippen molar-refractivity contribution in [1.29, 1.82) is 0 Å². The number of anilines is 1. The molecule has 3 aliphatic rings. The van der Waals surface area contributed by atoms with Crippen LogP contribution in [0.2, 0.25) is 0 Å². The van der Waals surface area contributed by atoms with E-state index in [1.807, 2.05) is 0 Å². The summed E-state index contributed by atoms with van der Waals surface area (Å²) in [5, 5.41) is 9.50. The number of amides is 2. The fraction of sp³-hybridized carbons (Fsp3) is 0.333.